The van der Waals surface area contributed by atoms with Gasteiger partial charge >= 0.3 is 12.1 Å². The molecular weight excluding hydrogens is 609 g/mol. The van der Waals surface area contributed by atoms with Crippen molar-refractivity contribution in [2.24, 2.45) is 5.16 Å². The molecule has 14 nitrogen and oxygen atoms in total. The minimum absolute atomic E-state index is 0.00411. The van der Waals surface area contributed by atoms with Crippen molar-refractivity contribution in [2.45, 2.75) is 44.6 Å². The Labute approximate surface area is 256 Å². The van der Waals surface area contributed by atoms with Crippen LogP contribution in [0.3, 0.4) is 0 Å². The Morgan fingerprint density at radius 2 is 2.02 bits per heavy atom. The molecule has 1 saturated heterocycles. The van der Waals surface area contributed by atoms with Crippen molar-refractivity contribution in [3.05, 3.63) is 33.8 Å². The number of rotatable bonds is 13. The summed E-state index contributed by atoms with van der Waals surface area (Å²) in [6.07, 6.45) is -0.941. The second-order valence-electron chi connectivity index (χ2n) is 9.41. The predicted octanol–water partition coefficient (Wildman–Crippen LogP) is 1.99. The zero-order chi connectivity index (χ0) is 31.0. The number of carbonyl (C=O) groups is 4. The fourth-order valence-electron chi connectivity index (χ4n) is 3.68. The van der Waals surface area contributed by atoms with Crippen molar-refractivity contribution >= 4 is 69.6 Å². The van der Waals surface area contributed by atoms with E-state index in [-0.39, 0.29) is 22.2 Å². The van der Waals surface area contributed by atoms with Crippen LogP contribution in [-0.2, 0) is 33.4 Å². The lowest BCUT2D eigenvalue weighted by Gasteiger charge is -2.49. The van der Waals surface area contributed by atoms with Crippen LogP contribution >= 0.6 is 34.9 Å². The first-order chi connectivity index (χ1) is 19.9. The first-order valence-electron chi connectivity index (χ1n) is 12.7. The SMILES string of the molecule is CON=C(C(=O)N[C@@H]1C(=O)N2C(C(=O)OC(C)OC(=O)OC(C)C)=C(/C=C/SCCN(C)C)CS[C@H]12)c1csc(N)n1. The molecule has 1 unspecified atom stereocenters. The van der Waals surface area contributed by atoms with Gasteiger partial charge in [0.2, 0.25) is 6.29 Å². The summed E-state index contributed by atoms with van der Waals surface area (Å²) >= 11 is 4.05. The van der Waals surface area contributed by atoms with Crippen LogP contribution in [0.15, 0.2) is 33.3 Å². The number of aromatic nitrogens is 1. The summed E-state index contributed by atoms with van der Waals surface area (Å²) in [5.41, 5.74) is 6.29. The van der Waals surface area contributed by atoms with Gasteiger partial charge in [0.1, 0.15) is 29.9 Å². The van der Waals surface area contributed by atoms with Gasteiger partial charge in [-0.1, -0.05) is 5.16 Å². The topological polar surface area (TPSA) is 175 Å². The number of anilines is 1. The van der Waals surface area contributed by atoms with Crippen molar-refractivity contribution in [2.75, 3.05) is 45.0 Å². The molecule has 3 N–H and O–H groups in total. The molecule has 0 radical (unpaired) electrons. The normalized spacial score (nSPS) is 19.5. The Morgan fingerprint density at radius 1 is 1.29 bits per heavy atom. The van der Waals surface area contributed by atoms with Crippen molar-refractivity contribution < 1.29 is 38.2 Å². The summed E-state index contributed by atoms with van der Waals surface area (Å²) in [5.74, 6) is -0.909. The number of nitrogen functional groups attached to an aromatic ring is 1. The van der Waals surface area contributed by atoms with Gasteiger partial charge in [-0.25, -0.2) is 14.6 Å². The van der Waals surface area contributed by atoms with Gasteiger partial charge in [0.05, 0.1) is 6.10 Å². The highest BCUT2D eigenvalue weighted by atomic mass is 32.2. The summed E-state index contributed by atoms with van der Waals surface area (Å²) in [7, 11) is 5.22. The number of hydrogen-bond acceptors (Lipinski definition) is 15. The smallest absolute Gasteiger partial charge is 0.431 e. The lowest BCUT2D eigenvalue weighted by atomic mass is 10.0. The Bertz CT molecular complexity index is 1260. The number of thiazole rings is 1. The number of fused-ring (bicyclic) bond motifs is 1. The number of esters is 1. The van der Waals surface area contributed by atoms with Gasteiger partial charge in [0, 0.05) is 30.4 Å². The first kappa shape index (κ1) is 33.2. The Hall–Kier alpha value is -3.28. The molecule has 1 fully saturated rings. The van der Waals surface area contributed by atoms with Crippen LogP contribution in [0.4, 0.5) is 9.93 Å². The van der Waals surface area contributed by atoms with Crippen molar-refractivity contribution in [1.29, 1.82) is 0 Å². The molecule has 3 heterocycles. The zero-order valence-electron chi connectivity index (χ0n) is 24.0. The Kier molecular flexibility index (Phi) is 12.1. The zero-order valence-corrected chi connectivity index (χ0v) is 26.5. The van der Waals surface area contributed by atoms with E-state index >= 15 is 0 Å². The minimum atomic E-state index is -1.28. The molecule has 230 valence electrons. The lowest BCUT2D eigenvalue weighted by Crippen LogP contribution is -2.71. The molecule has 3 rings (SSSR count). The second-order valence-corrected chi connectivity index (χ2v) is 12.4. The average molecular weight is 643 g/mol. The van der Waals surface area contributed by atoms with Crippen LogP contribution in [0.25, 0.3) is 0 Å². The maximum absolute atomic E-state index is 13.4. The van der Waals surface area contributed by atoms with Gasteiger partial charge in [-0.15, -0.1) is 34.9 Å². The molecule has 0 spiro atoms. The maximum Gasteiger partial charge on any atom is 0.511 e. The molecule has 0 aliphatic carbocycles. The van der Waals surface area contributed by atoms with Crippen LogP contribution in [0.1, 0.15) is 26.5 Å². The van der Waals surface area contributed by atoms with E-state index in [9.17, 15) is 19.2 Å². The second kappa shape index (κ2) is 15.3. The first-order valence-corrected chi connectivity index (χ1v) is 15.7. The third kappa shape index (κ3) is 8.62. The molecule has 1 aromatic heterocycles. The molecule has 0 aromatic carbocycles. The number of allylic oxidation sites excluding steroid dienone is 1. The van der Waals surface area contributed by atoms with Crippen molar-refractivity contribution in [1.82, 2.24) is 20.1 Å². The standard InChI is InChI=1S/C25H34N6O8S3/c1-13(2)37-25(35)39-14(3)38-23(34)19-15(7-9-40-10-8-30(4)5)11-41-22-18(21(33)31(19)22)28-20(32)17(29-36-6)16-12-42-24(26)27-16/h7,9,12-14,18,22H,8,10-11H2,1-6H3,(H2,26,27)(H,28,32)/b9-7+,29-17?/t14?,18-,22-/m1/s1. The summed E-state index contributed by atoms with van der Waals surface area (Å²) in [6, 6.07) is -0.960. The van der Waals surface area contributed by atoms with Gasteiger partial charge in [-0.3, -0.25) is 14.5 Å². The fourth-order valence-corrected chi connectivity index (χ4v) is 6.42. The third-order valence-corrected chi connectivity index (χ3v) is 8.25. The molecule has 2 amide bonds. The minimum Gasteiger partial charge on any atom is -0.431 e. The average Bonchev–Trinajstić information content (AvgIpc) is 3.34. The number of nitrogens with zero attached hydrogens (tertiary/aromatic N) is 4. The fraction of sp³-hybridized carbons (Fsp3) is 0.520. The highest BCUT2D eigenvalue weighted by Crippen LogP contribution is 2.41. The van der Waals surface area contributed by atoms with E-state index in [0.717, 1.165) is 23.6 Å². The van der Waals surface area contributed by atoms with Crippen LogP contribution in [0, 0.1) is 0 Å². The highest BCUT2D eigenvalue weighted by Gasteiger charge is 2.54. The van der Waals surface area contributed by atoms with E-state index in [4.69, 9.17) is 24.8 Å². The van der Waals surface area contributed by atoms with Gasteiger partial charge in [-0.2, -0.15) is 0 Å². The monoisotopic (exact) mass is 642 g/mol. The quantitative estimate of drug-likeness (QED) is 0.0799. The predicted molar refractivity (Wildman–Crippen MR) is 161 cm³/mol. The van der Waals surface area contributed by atoms with Gasteiger partial charge < -0.3 is 35.0 Å². The molecule has 0 bridgehead atoms. The van der Waals surface area contributed by atoms with Crippen molar-refractivity contribution in [3.8, 4) is 0 Å². The number of nitrogens with two attached hydrogens (primary N) is 1. The largest absolute Gasteiger partial charge is 0.511 e. The van der Waals surface area contributed by atoms with Crippen LogP contribution in [0.5, 0.6) is 0 Å². The summed E-state index contributed by atoms with van der Waals surface area (Å²) < 4.78 is 15.3. The summed E-state index contributed by atoms with van der Waals surface area (Å²) in [4.78, 5) is 63.8. The number of ether oxygens (including phenoxy) is 3. The number of β-lactam (4-membered cyclic amide) rings is 1. The van der Waals surface area contributed by atoms with E-state index < -0.39 is 47.7 Å². The number of amides is 2. The highest BCUT2D eigenvalue weighted by molar-refractivity contribution is 8.02. The maximum atomic E-state index is 13.4. The molecule has 17 heteroatoms. The molecule has 0 saturated carbocycles. The molecule has 3 atom stereocenters. The van der Waals surface area contributed by atoms with Crippen LogP contribution in [0.2, 0.25) is 0 Å². The summed E-state index contributed by atoms with van der Waals surface area (Å²) in [6.45, 7) is 5.53. The Morgan fingerprint density at radius 3 is 2.64 bits per heavy atom. The number of thioether (sulfide) groups is 2. The molecular formula is C25H34N6O8S3. The third-order valence-electron chi connectivity index (χ3n) is 5.53. The van der Waals surface area contributed by atoms with Crippen LogP contribution in [-0.4, -0.2) is 107 Å². The van der Waals surface area contributed by atoms with Gasteiger partial charge in [0.25, 0.3) is 11.8 Å². The molecule has 1 aromatic rings. The van der Waals surface area contributed by atoms with E-state index in [2.05, 4.69) is 20.4 Å². The number of nitrogens with one attached hydrogen (secondary N) is 1. The molecule has 42 heavy (non-hydrogen) atoms. The number of hydrogen-bond donors (Lipinski definition) is 2. The van der Waals surface area contributed by atoms with E-state index in [1.54, 1.807) is 37.1 Å². The Balaban J connectivity index is 1.79. The van der Waals surface area contributed by atoms with E-state index in [1.807, 2.05) is 19.5 Å². The van der Waals surface area contributed by atoms with E-state index in [0.29, 0.717) is 11.3 Å². The van der Waals surface area contributed by atoms with Gasteiger partial charge in [0.15, 0.2) is 10.8 Å². The number of oxime groups is 1. The molecule has 2 aliphatic heterocycles. The van der Waals surface area contributed by atoms with Crippen molar-refractivity contribution in [3.63, 3.8) is 0 Å². The lowest BCUT2D eigenvalue weighted by molar-refractivity contribution is -0.169. The van der Waals surface area contributed by atoms with Crippen LogP contribution < -0.4 is 11.1 Å². The van der Waals surface area contributed by atoms with Gasteiger partial charge in [-0.05, 0) is 45.0 Å². The molecule has 2 aliphatic rings. The van der Waals surface area contributed by atoms with E-state index in [1.165, 1.54) is 30.7 Å². The summed E-state index contributed by atoms with van der Waals surface area (Å²) in [5, 5.41) is 9.44. The number of carbonyl (C=O) groups excluding carboxylic acids is 4.